The Morgan fingerprint density at radius 1 is 1.17 bits per heavy atom. The molecule has 1 heterocycles. The topological polar surface area (TPSA) is 96.4 Å². The molecular formula is C28H40N4O3. The third kappa shape index (κ3) is 4.47. The van der Waals surface area contributed by atoms with Crippen molar-refractivity contribution in [2.45, 2.75) is 78.6 Å². The number of carbonyl (C=O) groups is 2. The number of carbonyl (C=O) groups excluding carboxylic acids is 2. The number of H-pyrrole nitrogens is 1. The van der Waals surface area contributed by atoms with E-state index in [0.717, 1.165) is 43.0 Å². The van der Waals surface area contributed by atoms with Crippen LogP contribution in [0.3, 0.4) is 0 Å². The molecule has 4 aliphatic carbocycles. The lowest BCUT2D eigenvalue weighted by Gasteiger charge is -2.58. The number of nitrogens with zero attached hydrogens (tertiary/aromatic N) is 2. The zero-order chi connectivity index (χ0) is 24.6. The minimum Gasteiger partial charge on any atom is -0.385 e. The lowest BCUT2D eigenvalue weighted by atomic mass is 9.46. The second-order valence-corrected chi connectivity index (χ2v) is 11.8. The molecule has 0 spiro atoms. The van der Waals surface area contributed by atoms with E-state index in [1.54, 1.807) is 12.5 Å². The van der Waals surface area contributed by atoms with Crippen LogP contribution in [0, 0.1) is 34.5 Å². The molecule has 1 aromatic rings. The molecule has 3 saturated carbocycles. The van der Waals surface area contributed by atoms with Crippen molar-refractivity contribution in [2.75, 3.05) is 13.2 Å². The Hall–Kier alpha value is -2.44. The standard InChI is InChI=1S/C28H40N4O3/c1-18(33)23-6-7-24-22-5-4-19-14-20(8-11-27(19,2)25(22)9-12-28(23,24)3)32-35-16-26(34)30-13-10-21-15-29-17-31-21/h14-15,17,22-25H,4-13,16H2,1-3H3,(H,29,31)(H,30,34)/t22?,23?,24?,25?,27-,28+/m0/s1. The number of amides is 1. The number of ketones is 1. The van der Waals surface area contributed by atoms with Gasteiger partial charge in [0.15, 0.2) is 6.61 Å². The number of hydrogen-bond acceptors (Lipinski definition) is 5. The van der Waals surface area contributed by atoms with Crippen LogP contribution in [0.15, 0.2) is 29.3 Å². The van der Waals surface area contributed by atoms with E-state index in [1.165, 1.54) is 31.3 Å². The largest absolute Gasteiger partial charge is 0.385 e. The molecule has 6 atom stereocenters. The van der Waals surface area contributed by atoms with Crippen LogP contribution in [0.5, 0.6) is 0 Å². The molecule has 35 heavy (non-hydrogen) atoms. The zero-order valence-corrected chi connectivity index (χ0v) is 21.4. The minimum absolute atomic E-state index is 0.0603. The normalized spacial score (nSPS) is 37.1. The van der Waals surface area contributed by atoms with E-state index in [9.17, 15) is 9.59 Å². The van der Waals surface area contributed by atoms with Crippen LogP contribution in [-0.4, -0.2) is 40.5 Å². The highest BCUT2D eigenvalue weighted by Gasteiger charge is 2.59. The highest BCUT2D eigenvalue weighted by molar-refractivity contribution is 5.96. The van der Waals surface area contributed by atoms with E-state index in [1.807, 2.05) is 6.92 Å². The maximum atomic E-state index is 12.4. The van der Waals surface area contributed by atoms with Gasteiger partial charge in [0.2, 0.25) is 0 Å². The Balaban J connectivity index is 1.18. The zero-order valence-electron chi connectivity index (χ0n) is 21.4. The maximum absolute atomic E-state index is 12.4. The van der Waals surface area contributed by atoms with E-state index < -0.39 is 0 Å². The third-order valence-electron chi connectivity index (χ3n) is 10.1. The molecule has 4 aliphatic rings. The van der Waals surface area contributed by atoms with Gasteiger partial charge >= 0.3 is 0 Å². The molecule has 7 heteroatoms. The molecule has 190 valence electrons. The molecule has 7 nitrogen and oxygen atoms in total. The Bertz CT molecular complexity index is 1020. The number of Topliss-reactive ketones (excluding diaryl/α,β-unsaturated/α-hetero) is 1. The molecule has 0 aromatic carbocycles. The van der Waals surface area contributed by atoms with Crippen LogP contribution in [0.4, 0.5) is 0 Å². The summed E-state index contributed by atoms with van der Waals surface area (Å²) in [6.45, 7) is 7.17. The fourth-order valence-electron chi connectivity index (χ4n) is 8.29. The molecule has 1 amide bonds. The Kier molecular flexibility index (Phi) is 6.62. The van der Waals surface area contributed by atoms with Gasteiger partial charge in [-0.2, -0.15) is 0 Å². The van der Waals surface area contributed by atoms with Crippen LogP contribution >= 0.6 is 0 Å². The van der Waals surface area contributed by atoms with Crippen molar-refractivity contribution in [1.29, 1.82) is 0 Å². The molecule has 5 rings (SSSR count). The highest BCUT2D eigenvalue weighted by atomic mass is 16.6. The summed E-state index contributed by atoms with van der Waals surface area (Å²) in [6, 6.07) is 0. The van der Waals surface area contributed by atoms with Crippen molar-refractivity contribution < 1.29 is 14.4 Å². The van der Waals surface area contributed by atoms with E-state index in [-0.39, 0.29) is 29.3 Å². The SMILES string of the molecule is CC(=O)C1CCC2C3CCC4=CC(=NOCC(=O)NCCc5cnc[nH]5)CC[C@]4(C)C3CC[C@]12C. The molecule has 0 radical (unpaired) electrons. The first kappa shape index (κ1) is 24.3. The van der Waals surface area contributed by atoms with Gasteiger partial charge in [-0.1, -0.05) is 24.6 Å². The summed E-state index contributed by atoms with van der Waals surface area (Å²) in [5.74, 6) is 2.64. The molecular weight excluding hydrogens is 440 g/mol. The fraction of sp³-hybridized carbons (Fsp3) is 0.714. The predicted octanol–water partition coefficient (Wildman–Crippen LogP) is 4.61. The van der Waals surface area contributed by atoms with Crippen molar-refractivity contribution in [3.8, 4) is 0 Å². The van der Waals surface area contributed by atoms with Crippen molar-refractivity contribution in [3.63, 3.8) is 0 Å². The molecule has 3 fully saturated rings. The first-order valence-electron chi connectivity index (χ1n) is 13.5. The van der Waals surface area contributed by atoms with Crippen molar-refractivity contribution >= 4 is 17.4 Å². The van der Waals surface area contributed by atoms with Gasteiger partial charge in [-0.3, -0.25) is 9.59 Å². The smallest absolute Gasteiger partial charge is 0.260 e. The first-order valence-corrected chi connectivity index (χ1v) is 13.5. The van der Waals surface area contributed by atoms with Gasteiger partial charge in [0.05, 0.1) is 12.0 Å². The number of hydrogen-bond donors (Lipinski definition) is 2. The summed E-state index contributed by atoms with van der Waals surface area (Å²) >= 11 is 0. The maximum Gasteiger partial charge on any atom is 0.260 e. The minimum atomic E-state index is -0.159. The van der Waals surface area contributed by atoms with E-state index >= 15 is 0 Å². The summed E-state index contributed by atoms with van der Waals surface area (Å²) in [7, 11) is 0. The summed E-state index contributed by atoms with van der Waals surface area (Å²) < 4.78 is 0. The molecule has 0 bridgehead atoms. The predicted molar refractivity (Wildman–Crippen MR) is 135 cm³/mol. The van der Waals surface area contributed by atoms with Crippen molar-refractivity contribution in [3.05, 3.63) is 29.9 Å². The van der Waals surface area contributed by atoms with Crippen LogP contribution in [0.25, 0.3) is 0 Å². The van der Waals surface area contributed by atoms with Crippen LogP contribution in [-0.2, 0) is 20.8 Å². The van der Waals surface area contributed by atoms with Gasteiger partial charge in [0.1, 0.15) is 5.78 Å². The number of allylic oxidation sites excluding steroid dienone is 2. The molecule has 1 aromatic heterocycles. The van der Waals surface area contributed by atoms with Gasteiger partial charge in [-0.25, -0.2) is 4.98 Å². The van der Waals surface area contributed by atoms with Gasteiger partial charge in [0, 0.05) is 30.8 Å². The second-order valence-electron chi connectivity index (χ2n) is 11.8. The summed E-state index contributed by atoms with van der Waals surface area (Å²) in [5, 5.41) is 7.18. The second kappa shape index (κ2) is 9.55. The first-order chi connectivity index (χ1) is 16.8. The number of rotatable bonds is 7. The molecule has 0 saturated heterocycles. The highest BCUT2D eigenvalue weighted by Crippen LogP contribution is 2.66. The molecule has 4 unspecified atom stereocenters. The number of imidazole rings is 1. The summed E-state index contributed by atoms with van der Waals surface area (Å²) in [6.07, 6.45) is 15.4. The Labute approximate surface area is 208 Å². The lowest BCUT2D eigenvalue weighted by Crippen LogP contribution is -2.51. The summed E-state index contributed by atoms with van der Waals surface area (Å²) in [4.78, 5) is 36.8. The number of fused-ring (bicyclic) bond motifs is 5. The third-order valence-corrected chi connectivity index (χ3v) is 10.1. The molecule has 0 aliphatic heterocycles. The molecule has 2 N–H and O–H groups in total. The lowest BCUT2D eigenvalue weighted by molar-refractivity contribution is -0.128. The number of oxime groups is 1. The van der Waals surface area contributed by atoms with Gasteiger partial charge in [-0.15, -0.1) is 0 Å². The van der Waals surface area contributed by atoms with E-state index in [4.69, 9.17) is 4.84 Å². The fourth-order valence-corrected chi connectivity index (χ4v) is 8.29. The average Bonchev–Trinajstić information content (AvgIpc) is 3.46. The van der Waals surface area contributed by atoms with Crippen LogP contribution < -0.4 is 5.32 Å². The number of nitrogens with one attached hydrogen (secondary N) is 2. The van der Waals surface area contributed by atoms with Gasteiger partial charge in [0.25, 0.3) is 5.91 Å². The van der Waals surface area contributed by atoms with Crippen molar-refractivity contribution in [1.82, 2.24) is 15.3 Å². The van der Waals surface area contributed by atoms with Gasteiger partial charge in [-0.05, 0) is 93.0 Å². The van der Waals surface area contributed by atoms with E-state index in [2.05, 4.69) is 40.4 Å². The monoisotopic (exact) mass is 480 g/mol. The van der Waals surface area contributed by atoms with E-state index in [0.29, 0.717) is 30.6 Å². The van der Waals surface area contributed by atoms with Gasteiger partial charge < -0.3 is 15.1 Å². The number of aromatic nitrogens is 2. The Morgan fingerprint density at radius 3 is 2.80 bits per heavy atom. The number of aromatic amines is 1. The van der Waals surface area contributed by atoms with Crippen LogP contribution in [0.1, 0.15) is 77.8 Å². The summed E-state index contributed by atoms with van der Waals surface area (Å²) in [5.41, 5.74) is 3.90. The van der Waals surface area contributed by atoms with Crippen LogP contribution in [0.2, 0.25) is 0 Å². The van der Waals surface area contributed by atoms with Crippen molar-refractivity contribution in [2.24, 2.45) is 39.7 Å². The Morgan fingerprint density at radius 2 is 2.03 bits per heavy atom. The average molecular weight is 481 g/mol. The quantitative estimate of drug-likeness (QED) is 0.557.